The second kappa shape index (κ2) is 8.17. The van der Waals surface area contributed by atoms with E-state index in [1.165, 1.54) is 0 Å². The summed E-state index contributed by atoms with van der Waals surface area (Å²) in [5.41, 5.74) is 2.57. The van der Waals surface area contributed by atoms with Gasteiger partial charge in [0.1, 0.15) is 0 Å². The number of likely N-dealkylation sites (tertiary alicyclic amines) is 1. The first-order valence-corrected chi connectivity index (χ1v) is 10.4. The Balaban J connectivity index is 1.42. The van der Waals surface area contributed by atoms with E-state index in [-0.39, 0.29) is 23.7 Å². The fraction of sp³-hybridized carbons (Fsp3) is 0.458. The number of carbonyl (C=O) groups excluding carboxylic acids is 1. The van der Waals surface area contributed by atoms with Gasteiger partial charge in [-0.1, -0.05) is 30.3 Å². The summed E-state index contributed by atoms with van der Waals surface area (Å²) in [5.74, 6) is 0.0705. The second-order valence-corrected chi connectivity index (χ2v) is 8.53. The molecule has 2 aromatic carbocycles. The molecule has 0 aromatic heterocycles. The van der Waals surface area contributed by atoms with Gasteiger partial charge in [-0.3, -0.25) is 4.79 Å². The van der Waals surface area contributed by atoms with Gasteiger partial charge in [0.05, 0.1) is 17.8 Å². The maximum Gasteiger partial charge on any atom is 0.253 e. The third-order valence-electron chi connectivity index (χ3n) is 6.25. The molecule has 2 aliphatic rings. The normalized spacial score (nSPS) is 23.8. The Labute approximate surface area is 172 Å². The van der Waals surface area contributed by atoms with Gasteiger partial charge in [0.2, 0.25) is 0 Å². The van der Waals surface area contributed by atoms with E-state index >= 15 is 0 Å². The fourth-order valence-electron chi connectivity index (χ4n) is 4.55. The van der Waals surface area contributed by atoms with Crippen LogP contribution in [0.25, 0.3) is 0 Å². The topological polar surface area (TPSA) is 53.0 Å². The molecule has 2 saturated heterocycles. The van der Waals surface area contributed by atoms with Crippen molar-refractivity contribution in [2.45, 2.75) is 43.5 Å². The summed E-state index contributed by atoms with van der Waals surface area (Å²) in [5, 5.41) is 10.5. The average Bonchev–Trinajstić information content (AvgIpc) is 2.74. The van der Waals surface area contributed by atoms with Crippen LogP contribution >= 0.6 is 0 Å². The van der Waals surface area contributed by atoms with Crippen molar-refractivity contribution in [3.05, 3.63) is 65.7 Å². The zero-order chi connectivity index (χ0) is 20.4. The Hall–Kier alpha value is -2.37. The number of aliphatic hydroxyl groups excluding tert-OH is 1. The monoisotopic (exact) mass is 394 g/mol. The molecule has 4 rings (SSSR count). The minimum absolute atomic E-state index is 0.0705. The maximum atomic E-state index is 12.9. The molecule has 2 heterocycles. The minimum Gasteiger partial charge on any atom is -0.393 e. The predicted octanol–water partition coefficient (Wildman–Crippen LogP) is 3.64. The Kier molecular flexibility index (Phi) is 5.61. The van der Waals surface area contributed by atoms with Crippen molar-refractivity contribution in [2.24, 2.45) is 0 Å². The predicted molar refractivity (Wildman–Crippen MR) is 114 cm³/mol. The van der Waals surface area contributed by atoms with Gasteiger partial charge in [0.25, 0.3) is 5.91 Å². The van der Waals surface area contributed by atoms with E-state index in [9.17, 15) is 9.90 Å². The zero-order valence-corrected chi connectivity index (χ0v) is 17.3. The first kappa shape index (κ1) is 19.9. The van der Waals surface area contributed by atoms with Crippen molar-refractivity contribution in [1.82, 2.24) is 4.90 Å². The SMILES string of the molecule is CN(C)c1ccc(C(=O)N2CCC3(CC2)C[C@H](O)C[C@H](c2ccccc2)O3)cc1. The number of aliphatic hydroxyl groups is 1. The third-order valence-corrected chi connectivity index (χ3v) is 6.25. The highest BCUT2D eigenvalue weighted by atomic mass is 16.5. The Morgan fingerprint density at radius 2 is 1.72 bits per heavy atom. The van der Waals surface area contributed by atoms with Crippen molar-refractivity contribution >= 4 is 11.6 Å². The molecule has 2 atom stereocenters. The van der Waals surface area contributed by atoms with E-state index < -0.39 is 0 Å². The molecule has 1 N–H and O–H groups in total. The number of carbonyl (C=O) groups is 1. The van der Waals surface area contributed by atoms with Crippen LogP contribution in [0.15, 0.2) is 54.6 Å². The highest BCUT2D eigenvalue weighted by molar-refractivity contribution is 5.94. The molecular weight excluding hydrogens is 364 g/mol. The number of benzene rings is 2. The van der Waals surface area contributed by atoms with Crippen LogP contribution in [-0.4, -0.2) is 54.8 Å². The van der Waals surface area contributed by atoms with Gasteiger partial charge in [0.15, 0.2) is 0 Å². The van der Waals surface area contributed by atoms with E-state index in [2.05, 4.69) is 12.1 Å². The lowest BCUT2D eigenvalue weighted by atomic mass is 9.81. The summed E-state index contributed by atoms with van der Waals surface area (Å²) < 4.78 is 6.54. The summed E-state index contributed by atoms with van der Waals surface area (Å²) >= 11 is 0. The van der Waals surface area contributed by atoms with Crippen molar-refractivity contribution in [2.75, 3.05) is 32.1 Å². The van der Waals surface area contributed by atoms with Crippen LogP contribution in [0.4, 0.5) is 5.69 Å². The summed E-state index contributed by atoms with van der Waals surface area (Å²) in [7, 11) is 3.98. The number of ether oxygens (including phenoxy) is 1. The van der Waals surface area contributed by atoms with Gasteiger partial charge in [0, 0.05) is 51.3 Å². The number of anilines is 1. The van der Waals surface area contributed by atoms with E-state index in [4.69, 9.17) is 4.74 Å². The standard InChI is InChI=1S/C24H30N2O3/c1-25(2)20-10-8-19(9-11-20)23(28)26-14-12-24(13-15-26)17-21(27)16-22(29-24)18-6-4-3-5-7-18/h3-11,21-22,27H,12-17H2,1-2H3/t21-,22-/m1/s1. The summed E-state index contributed by atoms with van der Waals surface area (Å²) in [6.45, 7) is 1.31. The molecule has 2 fully saturated rings. The number of piperidine rings is 1. The molecule has 1 amide bonds. The lowest BCUT2D eigenvalue weighted by Crippen LogP contribution is -2.52. The van der Waals surface area contributed by atoms with Crippen LogP contribution in [-0.2, 0) is 4.74 Å². The first-order chi connectivity index (χ1) is 14.0. The van der Waals surface area contributed by atoms with Gasteiger partial charge in [-0.25, -0.2) is 0 Å². The summed E-state index contributed by atoms with van der Waals surface area (Å²) in [6.07, 6.45) is 2.35. The molecule has 1 spiro atoms. The van der Waals surface area contributed by atoms with Crippen LogP contribution < -0.4 is 4.90 Å². The Bertz CT molecular complexity index is 827. The van der Waals surface area contributed by atoms with Crippen LogP contribution in [0, 0.1) is 0 Å². The Morgan fingerprint density at radius 1 is 1.07 bits per heavy atom. The van der Waals surface area contributed by atoms with E-state index in [1.54, 1.807) is 0 Å². The number of amides is 1. The van der Waals surface area contributed by atoms with Gasteiger partial charge < -0.3 is 19.6 Å². The molecule has 154 valence electrons. The van der Waals surface area contributed by atoms with Crippen molar-refractivity contribution in [1.29, 1.82) is 0 Å². The van der Waals surface area contributed by atoms with Crippen LogP contribution in [0.2, 0.25) is 0 Å². The zero-order valence-electron chi connectivity index (χ0n) is 17.3. The van der Waals surface area contributed by atoms with Gasteiger partial charge >= 0.3 is 0 Å². The number of hydrogen-bond acceptors (Lipinski definition) is 4. The van der Waals surface area contributed by atoms with E-state index in [0.29, 0.717) is 25.9 Å². The van der Waals surface area contributed by atoms with Crippen LogP contribution in [0.5, 0.6) is 0 Å². The highest BCUT2D eigenvalue weighted by Gasteiger charge is 2.44. The van der Waals surface area contributed by atoms with Crippen molar-refractivity contribution < 1.29 is 14.6 Å². The summed E-state index contributed by atoms with van der Waals surface area (Å²) in [4.78, 5) is 16.9. The molecule has 2 aromatic rings. The van der Waals surface area contributed by atoms with Crippen LogP contribution in [0.3, 0.4) is 0 Å². The smallest absolute Gasteiger partial charge is 0.253 e. The van der Waals surface area contributed by atoms with E-state index in [1.807, 2.05) is 66.4 Å². The van der Waals surface area contributed by atoms with Gasteiger partial charge in [-0.05, 0) is 42.7 Å². The lowest BCUT2D eigenvalue weighted by molar-refractivity contribution is -0.181. The first-order valence-electron chi connectivity index (χ1n) is 10.4. The Morgan fingerprint density at radius 3 is 2.34 bits per heavy atom. The summed E-state index contributed by atoms with van der Waals surface area (Å²) in [6, 6.07) is 17.9. The lowest BCUT2D eigenvalue weighted by Gasteiger charge is -2.48. The largest absolute Gasteiger partial charge is 0.393 e. The molecule has 0 aliphatic carbocycles. The molecule has 0 bridgehead atoms. The number of rotatable bonds is 3. The fourth-order valence-corrected chi connectivity index (χ4v) is 4.55. The highest BCUT2D eigenvalue weighted by Crippen LogP contribution is 2.43. The number of hydrogen-bond donors (Lipinski definition) is 1. The molecular formula is C24H30N2O3. The molecule has 5 heteroatoms. The average molecular weight is 395 g/mol. The molecule has 2 aliphatic heterocycles. The van der Waals surface area contributed by atoms with Crippen LogP contribution in [0.1, 0.15) is 47.7 Å². The third kappa shape index (κ3) is 4.31. The van der Waals surface area contributed by atoms with E-state index in [0.717, 1.165) is 29.7 Å². The molecule has 0 saturated carbocycles. The molecule has 0 unspecified atom stereocenters. The van der Waals surface area contributed by atoms with Crippen molar-refractivity contribution in [3.63, 3.8) is 0 Å². The number of nitrogens with zero attached hydrogens (tertiary/aromatic N) is 2. The quantitative estimate of drug-likeness (QED) is 0.864. The van der Waals surface area contributed by atoms with Gasteiger partial charge in [-0.15, -0.1) is 0 Å². The molecule has 29 heavy (non-hydrogen) atoms. The molecule has 5 nitrogen and oxygen atoms in total. The van der Waals surface area contributed by atoms with Gasteiger partial charge in [-0.2, -0.15) is 0 Å². The minimum atomic E-state index is -0.366. The molecule has 0 radical (unpaired) electrons. The maximum absolute atomic E-state index is 12.9. The second-order valence-electron chi connectivity index (χ2n) is 8.53. The van der Waals surface area contributed by atoms with Crippen molar-refractivity contribution in [3.8, 4) is 0 Å².